The number of alkyl halides is 3. The van der Waals surface area contributed by atoms with Gasteiger partial charge in [0, 0.05) is 0 Å². The van der Waals surface area contributed by atoms with E-state index >= 15 is 0 Å². The number of hydrogen-bond donors (Lipinski definition) is 0. The third-order valence-electron chi connectivity index (χ3n) is 1.79. The molecule has 0 radical (unpaired) electrons. The molecule has 0 aliphatic rings. The zero-order chi connectivity index (χ0) is 11.1. The molecule has 1 aromatic rings. The van der Waals surface area contributed by atoms with Gasteiger partial charge in [0.1, 0.15) is 0 Å². The zero-order valence-corrected chi connectivity index (χ0v) is 8.09. The monoisotopic (exact) mass is 212 g/mol. The second-order valence-electron chi connectivity index (χ2n) is 3.08. The van der Waals surface area contributed by atoms with Crippen molar-refractivity contribution in [2.45, 2.75) is 19.0 Å². The zero-order valence-electron chi connectivity index (χ0n) is 8.09. The molecule has 0 heterocycles. The van der Waals surface area contributed by atoms with Gasteiger partial charge in [0.05, 0.1) is 6.08 Å². The Morgan fingerprint density at radius 2 is 1.80 bits per heavy atom. The third kappa shape index (κ3) is 5.76. The van der Waals surface area contributed by atoms with Crippen molar-refractivity contribution in [3.63, 3.8) is 0 Å². The summed E-state index contributed by atoms with van der Waals surface area (Å²) < 4.78 is 35.0. The smallest absolute Gasteiger partial charge is 0.166 e. The van der Waals surface area contributed by atoms with Crippen molar-refractivity contribution in [1.82, 2.24) is 0 Å². The molecule has 0 unspecified atom stereocenters. The predicted octanol–water partition coefficient (Wildman–Crippen LogP) is 3.89. The summed E-state index contributed by atoms with van der Waals surface area (Å²) >= 11 is 0. The Kier molecular flexibility index (Phi) is 4.19. The first-order valence-electron chi connectivity index (χ1n) is 4.61. The van der Waals surface area contributed by atoms with Gasteiger partial charge < -0.3 is 0 Å². The maximum Gasteiger partial charge on any atom is 0.416 e. The second kappa shape index (κ2) is 5.42. The quantitative estimate of drug-likeness (QED) is 0.667. The Morgan fingerprint density at radius 1 is 1.13 bits per heavy atom. The van der Waals surface area contributed by atoms with E-state index in [0.717, 1.165) is 12.0 Å². The highest BCUT2D eigenvalue weighted by Crippen LogP contribution is 2.14. The van der Waals surface area contributed by atoms with Crippen molar-refractivity contribution in [2.24, 2.45) is 0 Å². The molecule has 80 valence electrons. The first-order valence-corrected chi connectivity index (χ1v) is 4.61. The van der Waals surface area contributed by atoms with E-state index in [9.17, 15) is 13.2 Å². The number of hydrogen-bond acceptors (Lipinski definition) is 0. The second-order valence-corrected chi connectivity index (χ2v) is 3.08. The molecule has 0 bridgehead atoms. The van der Waals surface area contributed by atoms with Crippen molar-refractivity contribution in [2.75, 3.05) is 0 Å². The van der Waals surface area contributed by atoms with Crippen molar-refractivity contribution in [3.8, 4) is 0 Å². The highest BCUT2D eigenvalue weighted by molar-refractivity contribution is 5.15. The minimum Gasteiger partial charge on any atom is -0.166 e. The molecule has 3 heteroatoms. The summed E-state index contributed by atoms with van der Waals surface area (Å²) in [5.41, 5.74) is 3.23. The lowest BCUT2D eigenvalue weighted by molar-refractivity contribution is -0.0796. The van der Waals surface area contributed by atoms with Gasteiger partial charge >= 0.3 is 6.18 Å². The minimum atomic E-state index is -4.26. The maximum absolute atomic E-state index is 11.7. The highest BCUT2D eigenvalue weighted by Gasteiger charge is 2.21. The summed E-state index contributed by atoms with van der Waals surface area (Å²) in [6.07, 6.45) is -1.43. The van der Waals surface area contributed by atoms with Crippen LogP contribution in [-0.2, 0) is 6.42 Å². The summed E-state index contributed by atoms with van der Waals surface area (Å²) in [7, 11) is 0. The van der Waals surface area contributed by atoms with Crippen molar-refractivity contribution in [3.05, 3.63) is 53.8 Å². The standard InChI is InChI=1S/C12H11F3/c13-12(14,15)10-6-2-5-9-11-7-3-1-4-8-11/h1-4,7-8,10H,5,9H2. The topological polar surface area (TPSA) is 0 Å². The van der Waals surface area contributed by atoms with Crippen LogP contribution in [0.1, 0.15) is 12.0 Å². The van der Waals surface area contributed by atoms with Crippen molar-refractivity contribution < 1.29 is 13.2 Å². The van der Waals surface area contributed by atoms with E-state index in [1.807, 2.05) is 30.3 Å². The first-order chi connectivity index (χ1) is 7.08. The number of rotatable bonds is 3. The van der Waals surface area contributed by atoms with Gasteiger partial charge in [-0.05, 0) is 24.5 Å². The van der Waals surface area contributed by atoms with E-state index in [1.165, 1.54) is 6.08 Å². The van der Waals surface area contributed by atoms with Crippen LogP contribution in [0.2, 0.25) is 0 Å². The number of halogens is 3. The lowest BCUT2D eigenvalue weighted by Gasteiger charge is -1.95. The fourth-order valence-electron chi connectivity index (χ4n) is 1.12. The lowest BCUT2D eigenvalue weighted by atomic mass is 10.1. The maximum atomic E-state index is 11.7. The van der Waals surface area contributed by atoms with Gasteiger partial charge in [0.15, 0.2) is 0 Å². The number of aryl methyl sites for hydroxylation is 1. The Hall–Kier alpha value is -1.47. The van der Waals surface area contributed by atoms with Crippen LogP contribution < -0.4 is 0 Å². The lowest BCUT2D eigenvalue weighted by Crippen LogP contribution is -1.99. The van der Waals surface area contributed by atoms with Crippen LogP contribution in [0.15, 0.2) is 48.2 Å². The largest absolute Gasteiger partial charge is 0.416 e. The third-order valence-corrected chi connectivity index (χ3v) is 1.79. The van der Waals surface area contributed by atoms with Crippen molar-refractivity contribution in [1.29, 1.82) is 0 Å². The molecule has 0 aliphatic heterocycles. The fourth-order valence-corrected chi connectivity index (χ4v) is 1.12. The summed E-state index contributed by atoms with van der Waals surface area (Å²) in [5, 5.41) is 0. The molecule has 15 heavy (non-hydrogen) atoms. The van der Waals surface area contributed by atoms with Gasteiger partial charge in [0.2, 0.25) is 0 Å². The normalized spacial score (nSPS) is 10.6. The molecule has 1 rings (SSSR count). The van der Waals surface area contributed by atoms with E-state index in [4.69, 9.17) is 0 Å². The fraction of sp³-hybridized carbons (Fsp3) is 0.250. The van der Waals surface area contributed by atoms with Crippen molar-refractivity contribution >= 4 is 0 Å². The Bertz CT molecular complexity index is 343. The van der Waals surface area contributed by atoms with E-state index in [0.29, 0.717) is 6.42 Å². The molecule has 0 aliphatic carbocycles. The SMILES string of the molecule is FC(F)(F)C=C=CCCc1ccccc1. The molecule has 0 aromatic heterocycles. The van der Waals surface area contributed by atoms with Gasteiger partial charge in [0.25, 0.3) is 0 Å². The van der Waals surface area contributed by atoms with Gasteiger partial charge in [-0.25, -0.2) is 0 Å². The molecule has 0 fully saturated rings. The number of benzene rings is 1. The van der Waals surface area contributed by atoms with Crippen LogP contribution in [0, 0.1) is 0 Å². The number of allylic oxidation sites excluding steroid dienone is 1. The molecule has 0 nitrogen and oxygen atoms in total. The average Bonchev–Trinajstić information content (AvgIpc) is 2.17. The predicted molar refractivity (Wildman–Crippen MR) is 53.5 cm³/mol. The molecule has 0 saturated heterocycles. The van der Waals surface area contributed by atoms with Gasteiger partial charge in [-0.3, -0.25) is 0 Å². The van der Waals surface area contributed by atoms with E-state index in [1.54, 1.807) is 0 Å². The van der Waals surface area contributed by atoms with Gasteiger partial charge in [-0.15, -0.1) is 5.73 Å². The molecule has 0 spiro atoms. The van der Waals surface area contributed by atoms with Crippen LogP contribution in [0.4, 0.5) is 13.2 Å². The minimum absolute atomic E-state index is 0.123. The van der Waals surface area contributed by atoms with Crippen LogP contribution in [-0.4, -0.2) is 6.18 Å². The Morgan fingerprint density at radius 3 is 2.40 bits per heavy atom. The van der Waals surface area contributed by atoms with Gasteiger partial charge in [-0.2, -0.15) is 13.2 Å². The summed E-state index contributed by atoms with van der Waals surface area (Å²) in [6, 6.07) is 9.61. The average molecular weight is 212 g/mol. The molecule has 0 N–H and O–H groups in total. The van der Waals surface area contributed by atoms with Crippen LogP contribution in [0.5, 0.6) is 0 Å². The summed E-state index contributed by atoms with van der Waals surface area (Å²) in [5.74, 6) is 0. The summed E-state index contributed by atoms with van der Waals surface area (Å²) in [4.78, 5) is 0. The Labute approximate surface area is 86.7 Å². The van der Waals surface area contributed by atoms with E-state index in [2.05, 4.69) is 5.73 Å². The van der Waals surface area contributed by atoms with Crippen LogP contribution in [0.25, 0.3) is 0 Å². The molecule has 0 amide bonds. The molecule has 0 atom stereocenters. The molecular formula is C12H11F3. The molecule has 1 aromatic carbocycles. The Balaban J connectivity index is 2.37. The first kappa shape index (κ1) is 11.6. The summed E-state index contributed by atoms with van der Waals surface area (Å²) in [6.45, 7) is 0. The van der Waals surface area contributed by atoms with E-state index in [-0.39, 0.29) is 6.08 Å². The van der Waals surface area contributed by atoms with Crippen LogP contribution >= 0.6 is 0 Å². The highest BCUT2D eigenvalue weighted by atomic mass is 19.4. The molecule has 0 saturated carbocycles. The van der Waals surface area contributed by atoms with Crippen LogP contribution in [0.3, 0.4) is 0 Å². The molecular weight excluding hydrogens is 201 g/mol. The van der Waals surface area contributed by atoms with E-state index < -0.39 is 6.18 Å². The van der Waals surface area contributed by atoms with Gasteiger partial charge in [-0.1, -0.05) is 30.3 Å².